The van der Waals surface area contributed by atoms with Crippen LogP contribution in [-0.2, 0) is 5.54 Å². The Kier molecular flexibility index (Phi) is 3.53. The van der Waals surface area contributed by atoms with Crippen LogP contribution in [0, 0.1) is 0 Å². The monoisotopic (exact) mass is 259 g/mol. The number of methoxy groups -OCH3 is 1. The number of aliphatic hydroxyl groups is 1. The summed E-state index contributed by atoms with van der Waals surface area (Å²) in [4.78, 5) is 0. The van der Waals surface area contributed by atoms with Crippen LogP contribution in [0.4, 0.5) is 0 Å². The van der Waals surface area contributed by atoms with E-state index < -0.39 is 5.54 Å². The lowest BCUT2D eigenvalue weighted by Gasteiger charge is -2.23. The molecule has 0 aliphatic carbocycles. The van der Waals surface area contributed by atoms with E-state index in [9.17, 15) is 0 Å². The molecule has 3 N–H and O–H groups in total. The van der Waals surface area contributed by atoms with E-state index in [2.05, 4.69) is 15.9 Å². The standard InChI is InChI=1S/C10H14BrNO2/c1-10(12,6-13)8-4-3-7(14-2)5-9(8)11/h3-5,13H,6,12H2,1-2H3/t10-/m0/s1. The fraction of sp³-hybridized carbons (Fsp3) is 0.400. The molecule has 0 saturated carbocycles. The topological polar surface area (TPSA) is 55.5 Å². The fourth-order valence-corrected chi connectivity index (χ4v) is 1.98. The van der Waals surface area contributed by atoms with Gasteiger partial charge in [0.2, 0.25) is 0 Å². The minimum Gasteiger partial charge on any atom is -0.497 e. The van der Waals surface area contributed by atoms with Crippen molar-refractivity contribution >= 4 is 15.9 Å². The molecular formula is C10H14BrNO2. The van der Waals surface area contributed by atoms with Gasteiger partial charge in [-0.2, -0.15) is 0 Å². The minimum atomic E-state index is -0.731. The summed E-state index contributed by atoms with van der Waals surface area (Å²) in [5, 5.41) is 9.12. The number of halogens is 1. The van der Waals surface area contributed by atoms with Crippen LogP contribution in [0.1, 0.15) is 12.5 Å². The third-order valence-electron chi connectivity index (χ3n) is 2.12. The smallest absolute Gasteiger partial charge is 0.120 e. The summed E-state index contributed by atoms with van der Waals surface area (Å²) in [5.74, 6) is 0.759. The van der Waals surface area contributed by atoms with E-state index in [4.69, 9.17) is 15.6 Å². The van der Waals surface area contributed by atoms with E-state index in [0.29, 0.717) is 0 Å². The van der Waals surface area contributed by atoms with Crippen LogP contribution in [0.15, 0.2) is 22.7 Å². The van der Waals surface area contributed by atoms with E-state index >= 15 is 0 Å². The van der Waals surface area contributed by atoms with Crippen molar-refractivity contribution in [3.05, 3.63) is 28.2 Å². The van der Waals surface area contributed by atoms with Gasteiger partial charge < -0.3 is 15.6 Å². The Morgan fingerprint density at radius 3 is 2.64 bits per heavy atom. The van der Waals surface area contributed by atoms with Gasteiger partial charge in [0.05, 0.1) is 19.3 Å². The van der Waals surface area contributed by atoms with Gasteiger partial charge in [0.15, 0.2) is 0 Å². The third-order valence-corrected chi connectivity index (χ3v) is 2.78. The molecule has 0 saturated heterocycles. The van der Waals surface area contributed by atoms with E-state index in [0.717, 1.165) is 15.8 Å². The second-order valence-electron chi connectivity index (χ2n) is 3.42. The predicted octanol–water partition coefficient (Wildman–Crippen LogP) is 1.62. The molecule has 0 amide bonds. The lowest BCUT2D eigenvalue weighted by molar-refractivity contribution is 0.209. The normalized spacial score (nSPS) is 14.9. The van der Waals surface area contributed by atoms with Crippen molar-refractivity contribution in [2.24, 2.45) is 5.73 Å². The summed E-state index contributed by atoms with van der Waals surface area (Å²) < 4.78 is 5.91. The van der Waals surface area contributed by atoms with Crippen molar-refractivity contribution in [1.82, 2.24) is 0 Å². The average Bonchev–Trinajstić information content (AvgIpc) is 2.17. The van der Waals surface area contributed by atoms with Gasteiger partial charge in [0, 0.05) is 4.47 Å². The Morgan fingerprint density at radius 2 is 2.21 bits per heavy atom. The molecule has 0 spiro atoms. The van der Waals surface area contributed by atoms with Crippen LogP contribution in [0.3, 0.4) is 0 Å². The molecule has 4 heteroatoms. The van der Waals surface area contributed by atoms with Crippen molar-refractivity contribution in [3.63, 3.8) is 0 Å². The summed E-state index contributed by atoms with van der Waals surface area (Å²) >= 11 is 3.39. The maximum Gasteiger partial charge on any atom is 0.120 e. The van der Waals surface area contributed by atoms with E-state index in [-0.39, 0.29) is 6.61 Å². The zero-order valence-electron chi connectivity index (χ0n) is 8.25. The van der Waals surface area contributed by atoms with Gasteiger partial charge in [-0.05, 0) is 24.6 Å². The van der Waals surface area contributed by atoms with Gasteiger partial charge >= 0.3 is 0 Å². The van der Waals surface area contributed by atoms with Gasteiger partial charge in [0.25, 0.3) is 0 Å². The zero-order chi connectivity index (χ0) is 10.8. The molecule has 1 aromatic carbocycles. The maximum atomic E-state index is 9.12. The lowest BCUT2D eigenvalue weighted by atomic mass is 9.94. The molecule has 78 valence electrons. The number of aliphatic hydroxyl groups excluding tert-OH is 1. The molecule has 1 atom stereocenters. The third kappa shape index (κ3) is 2.26. The van der Waals surface area contributed by atoms with Gasteiger partial charge in [-0.25, -0.2) is 0 Å². The van der Waals surface area contributed by atoms with E-state index in [1.54, 1.807) is 14.0 Å². The van der Waals surface area contributed by atoms with Crippen LogP contribution in [0.5, 0.6) is 5.75 Å². The van der Waals surface area contributed by atoms with Crippen LogP contribution in [0.2, 0.25) is 0 Å². The van der Waals surface area contributed by atoms with Gasteiger partial charge in [-0.15, -0.1) is 0 Å². The molecule has 3 nitrogen and oxygen atoms in total. The first kappa shape index (κ1) is 11.5. The van der Waals surface area contributed by atoms with Crippen molar-refractivity contribution in [3.8, 4) is 5.75 Å². The second-order valence-corrected chi connectivity index (χ2v) is 4.28. The first-order valence-corrected chi connectivity index (χ1v) is 5.04. The Hall–Kier alpha value is -0.580. The second kappa shape index (κ2) is 4.29. The molecule has 1 rings (SSSR count). The largest absolute Gasteiger partial charge is 0.497 e. The first-order chi connectivity index (χ1) is 6.51. The highest BCUT2D eigenvalue weighted by Crippen LogP contribution is 2.29. The molecule has 0 bridgehead atoms. The summed E-state index contributed by atoms with van der Waals surface area (Å²) in [6, 6.07) is 5.50. The number of ether oxygens (including phenoxy) is 1. The molecule has 0 aliphatic rings. The number of nitrogens with two attached hydrogens (primary N) is 1. The molecule has 0 unspecified atom stereocenters. The van der Waals surface area contributed by atoms with Crippen LogP contribution >= 0.6 is 15.9 Å². The highest BCUT2D eigenvalue weighted by Gasteiger charge is 2.22. The quantitative estimate of drug-likeness (QED) is 0.868. The lowest BCUT2D eigenvalue weighted by Crippen LogP contribution is -2.37. The fourth-order valence-electron chi connectivity index (χ4n) is 1.17. The molecule has 0 radical (unpaired) electrons. The Balaban J connectivity index is 3.12. The minimum absolute atomic E-state index is 0.0993. The Morgan fingerprint density at radius 1 is 1.57 bits per heavy atom. The molecule has 0 aliphatic heterocycles. The average molecular weight is 260 g/mol. The molecule has 0 aromatic heterocycles. The highest BCUT2D eigenvalue weighted by atomic mass is 79.9. The molecule has 14 heavy (non-hydrogen) atoms. The maximum absolute atomic E-state index is 9.12. The van der Waals surface area contributed by atoms with E-state index in [1.165, 1.54) is 0 Å². The molecule has 1 aromatic rings. The molecular weight excluding hydrogens is 246 g/mol. The van der Waals surface area contributed by atoms with Gasteiger partial charge in [-0.3, -0.25) is 0 Å². The number of hydrogen-bond acceptors (Lipinski definition) is 3. The van der Waals surface area contributed by atoms with Gasteiger partial charge in [0.1, 0.15) is 5.75 Å². The number of benzene rings is 1. The van der Waals surface area contributed by atoms with Gasteiger partial charge in [-0.1, -0.05) is 22.0 Å². The number of hydrogen-bond donors (Lipinski definition) is 2. The Labute approximate surface area is 92.0 Å². The summed E-state index contributed by atoms with van der Waals surface area (Å²) in [5.41, 5.74) is 6.04. The van der Waals surface area contributed by atoms with Crippen LogP contribution in [-0.4, -0.2) is 18.8 Å². The first-order valence-electron chi connectivity index (χ1n) is 4.25. The Bertz CT molecular complexity index is 326. The zero-order valence-corrected chi connectivity index (χ0v) is 9.84. The van der Waals surface area contributed by atoms with Crippen LogP contribution in [0.25, 0.3) is 0 Å². The number of rotatable bonds is 3. The van der Waals surface area contributed by atoms with Crippen molar-refractivity contribution in [1.29, 1.82) is 0 Å². The summed E-state index contributed by atoms with van der Waals surface area (Å²) in [6.45, 7) is 1.68. The van der Waals surface area contributed by atoms with Crippen molar-refractivity contribution in [2.75, 3.05) is 13.7 Å². The van der Waals surface area contributed by atoms with E-state index in [1.807, 2.05) is 18.2 Å². The summed E-state index contributed by atoms with van der Waals surface area (Å²) in [6.07, 6.45) is 0. The SMILES string of the molecule is COc1ccc([C@@](C)(N)CO)c(Br)c1. The summed E-state index contributed by atoms with van der Waals surface area (Å²) in [7, 11) is 1.61. The predicted molar refractivity (Wildman–Crippen MR) is 59.3 cm³/mol. The van der Waals surface area contributed by atoms with Crippen molar-refractivity contribution in [2.45, 2.75) is 12.5 Å². The van der Waals surface area contributed by atoms with Crippen molar-refractivity contribution < 1.29 is 9.84 Å². The highest BCUT2D eigenvalue weighted by molar-refractivity contribution is 9.10. The van der Waals surface area contributed by atoms with Crippen LogP contribution < -0.4 is 10.5 Å². The molecule has 0 heterocycles. The molecule has 0 fully saturated rings.